The number of carbonyl (C=O) groups excluding carboxylic acids is 1. The average molecular weight is 285 g/mol. The highest BCUT2D eigenvalue weighted by atomic mass is 32.1. The van der Waals surface area contributed by atoms with Crippen LogP contribution in [0.5, 0.6) is 0 Å². The van der Waals surface area contributed by atoms with E-state index in [4.69, 9.17) is 5.73 Å². The van der Waals surface area contributed by atoms with Gasteiger partial charge in [-0.2, -0.15) is 0 Å². The molecule has 3 rings (SSSR count). The van der Waals surface area contributed by atoms with Crippen molar-refractivity contribution in [1.82, 2.24) is 15.0 Å². The highest BCUT2D eigenvalue weighted by molar-refractivity contribution is 7.22. The third-order valence-electron chi connectivity index (χ3n) is 2.67. The zero-order valence-corrected chi connectivity index (χ0v) is 11.4. The summed E-state index contributed by atoms with van der Waals surface area (Å²) in [4.78, 5) is 24.1. The number of amides is 1. The lowest BCUT2D eigenvalue weighted by Crippen LogP contribution is -2.14. The number of thiazole rings is 1. The van der Waals surface area contributed by atoms with Crippen LogP contribution in [0, 0.1) is 6.92 Å². The van der Waals surface area contributed by atoms with Gasteiger partial charge in [0.1, 0.15) is 11.5 Å². The van der Waals surface area contributed by atoms with Crippen LogP contribution in [0.15, 0.2) is 30.6 Å². The second-order valence-corrected chi connectivity index (χ2v) is 5.30. The molecule has 0 aliphatic rings. The molecule has 0 unspecified atom stereocenters. The maximum absolute atomic E-state index is 12.0. The van der Waals surface area contributed by atoms with E-state index < -0.39 is 0 Å². The lowest BCUT2D eigenvalue weighted by molar-refractivity contribution is 0.102. The zero-order valence-electron chi connectivity index (χ0n) is 10.6. The fraction of sp³-hybridized carbons (Fsp3) is 0.0769. The summed E-state index contributed by atoms with van der Waals surface area (Å²) < 4.78 is 1.03. The van der Waals surface area contributed by atoms with Crippen LogP contribution in [0.1, 0.15) is 16.1 Å². The molecule has 20 heavy (non-hydrogen) atoms. The van der Waals surface area contributed by atoms with Crippen LogP contribution in [0.3, 0.4) is 0 Å². The minimum atomic E-state index is -0.353. The van der Waals surface area contributed by atoms with Gasteiger partial charge in [0.15, 0.2) is 5.13 Å². The van der Waals surface area contributed by atoms with E-state index in [1.54, 1.807) is 0 Å². The lowest BCUT2D eigenvalue weighted by Gasteiger charge is -1.99. The van der Waals surface area contributed by atoms with Crippen molar-refractivity contribution in [3.63, 3.8) is 0 Å². The molecule has 1 aromatic carbocycles. The van der Waals surface area contributed by atoms with Gasteiger partial charge >= 0.3 is 0 Å². The highest BCUT2D eigenvalue weighted by Crippen LogP contribution is 2.26. The molecule has 0 saturated heterocycles. The number of nitrogens with one attached hydrogen (secondary N) is 1. The SMILES string of the molecule is Cc1ccc2nc(NC(=O)c3cnc(N)cn3)sc2c1. The Morgan fingerprint density at radius 1 is 1.30 bits per heavy atom. The number of nitrogens with two attached hydrogens (primary N) is 1. The van der Waals surface area contributed by atoms with Crippen LogP contribution in [0.25, 0.3) is 10.2 Å². The van der Waals surface area contributed by atoms with Gasteiger partial charge in [-0.3, -0.25) is 10.1 Å². The van der Waals surface area contributed by atoms with Crippen molar-refractivity contribution in [3.05, 3.63) is 41.9 Å². The lowest BCUT2D eigenvalue weighted by atomic mass is 10.2. The number of nitrogens with zero attached hydrogens (tertiary/aromatic N) is 3. The predicted octanol–water partition coefficient (Wildman–Crippen LogP) is 2.23. The molecule has 0 saturated carbocycles. The largest absolute Gasteiger partial charge is 0.382 e. The summed E-state index contributed by atoms with van der Waals surface area (Å²) in [6.45, 7) is 2.02. The van der Waals surface area contributed by atoms with Crippen molar-refractivity contribution in [1.29, 1.82) is 0 Å². The number of nitrogen functional groups attached to an aromatic ring is 1. The minimum Gasteiger partial charge on any atom is -0.382 e. The Hall–Kier alpha value is -2.54. The third kappa shape index (κ3) is 2.43. The topological polar surface area (TPSA) is 93.8 Å². The quantitative estimate of drug-likeness (QED) is 0.753. The van der Waals surface area contributed by atoms with Crippen LogP contribution < -0.4 is 11.1 Å². The first-order chi connectivity index (χ1) is 9.61. The maximum atomic E-state index is 12.0. The van der Waals surface area contributed by atoms with Crippen molar-refractivity contribution in [3.8, 4) is 0 Å². The molecule has 1 amide bonds. The Balaban J connectivity index is 1.85. The van der Waals surface area contributed by atoms with Gasteiger partial charge in [-0.05, 0) is 24.6 Å². The maximum Gasteiger partial charge on any atom is 0.277 e. The van der Waals surface area contributed by atoms with Gasteiger partial charge in [0, 0.05) is 0 Å². The van der Waals surface area contributed by atoms with Gasteiger partial charge in [0.25, 0.3) is 5.91 Å². The molecule has 100 valence electrons. The number of aromatic nitrogens is 3. The highest BCUT2D eigenvalue weighted by Gasteiger charge is 2.11. The molecule has 2 heterocycles. The molecule has 0 radical (unpaired) electrons. The van der Waals surface area contributed by atoms with E-state index in [1.807, 2.05) is 25.1 Å². The molecular formula is C13H11N5OS. The molecule has 0 fully saturated rings. The van der Waals surface area contributed by atoms with E-state index in [0.717, 1.165) is 15.8 Å². The summed E-state index contributed by atoms with van der Waals surface area (Å²) in [7, 11) is 0. The summed E-state index contributed by atoms with van der Waals surface area (Å²) in [5.74, 6) is -0.0784. The molecule has 3 aromatic rings. The number of anilines is 2. The average Bonchev–Trinajstić information content (AvgIpc) is 2.80. The first-order valence-electron chi connectivity index (χ1n) is 5.88. The van der Waals surface area contributed by atoms with E-state index >= 15 is 0 Å². The second-order valence-electron chi connectivity index (χ2n) is 4.27. The van der Waals surface area contributed by atoms with Crippen LogP contribution in [0.2, 0.25) is 0 Å². The van der Waals surface area contributed by atoms with Gasteiger partial charge < -0.3 is 5.73 Å². The summed E-state index contributed by atoms with van der Waals surface area (Å²) in [6.07, 6.45) is 2.68. The van der Waals surface area contributed by atoms with E-state index in [1.165, 1.54) is 23.7 Å². The molecule has 3 N–H and O–H groups in total. The summed E-state index contributed by atoms with van der Waals surface area (Å²) >= 11 is 1.42. The Morgan fingerprint density at radius 2 is 2.15 bits per heavy atom. The molecule has 7 heteroatoms. The molecule has 0 aliphatic carbocycles. The normalized spacial score (nSPS) is 10.7. The second kappa shape index (κ2) is 4.86. The van der Waals surface area contributed by atoms with Crippen molar-refractivity contribution in [2.75, 3.05) is 11.1 Å². The smallest absolute Gasteiger partial charge is 0.277 e. The molecule has 6 nitrogen and oxygen atoms in total. The first-order valence-corrected chi connectivity index (χ1v) is 6.69. The number of aryl methyl sites for hydroxylation is 1. The minimum absolute atomic E-state index is 0.203. The van der Waals surface area contributed by atoms with E-state index in [2.05, 4.69) is 20.3 Å². The summed E-state index contributed by atoms with van der Waals surface area (Å²) in [5, 5.41) is 3.25. The fourth-order valence-corrected chi connectivity index (χ4v) is 2.66. The van der Waals surface area contributed by atoms with E-state index in [9.17, 15) is 4.79 Å². The fourth-order valence-electron chi connectivity index (χ4n) is 1.70. The molecule has 2 aromatic heterocycles. The Morgan fingerprint density at radius 3 is 2.90 bits per heavy atom. The number of fused-ring (bicyclic) bond motifs is 1. The van der Waals surface area contributed by atoms with Gasteiger partial charge in [-0.25, -0.2) is 15.0 Å². The molecule has 0 aliphatic heterocycles. The summed E-state index contributed by atoms with van der Waals surface area (Å²) in [5.41, 5.74) is 7.65. The third-order valence-corrected chi connectivity index (χ3v) is 3.60. The molecular weight excluding hydrogens is 274 g/mol. The van der Waals surface area contributed by atoms with Crippen LogP contribution in [-0.2, 0) is 0 Å². The Bertz CT molecular complexity index is 781. The number of carbonyl (C=O) groups is 1. The zero-order chi connectivity index (χ0) is 14.1. The number of hydrogen-bond acceptors (Lipinski definition) is 6. The number of hydrogen-bond donors (Lipinski definition) is 2. The van der Waals surface area contributed by atoms with Gasteiger partial charge in [0.2, 0.25) is 0 Å². The van der Waals surface area contributed by atoms with Gasteiger partial charge in [-0.1, -0.05) is 17.4 Å². The monoisotopic (exact) mass is 285 g/mol. The van der Waals surface area contributed by atoms with E-state index in [0.29, 0.717) is 5.13 Å². The van der Waals surface area contributed by atoms with Crippen molar-refractivity contribution in [2.24, 2.45) is 0 Å². The van der Waals surface area contributed by atoms with Gasteiger partial charge in [-0.15, -0.1) is 0 Å². The van der Waals surface area contributed by atoms with Crippen LogP contribution in [-0.4, -0.2) is 20.9 Å². The number of rotatable bonds is 2. The molecule has 0 atom stereocenters. The summed E-state index contributed by atoms with van der Waals surface area (Å²) in [6, 6.07) is 5.95. The predicted molar refractivity (Wildman–Crippen MR) is 78.8 cm³/mol. The first kappa shape index (κ1) is 12.5. The van der Waals surface area contributed by atoms with Crippen molar-refractivity contribution < 1.29 is 4.79 Å². The molecule has 0 spiro atoms. The van der Waals surface area contributed by atoms with Crippen LogP contribution >= 0.6 is 11.3 Å². The van der Waals surface area contributed by atoms with Crippen molar-refractivity contribution in [2.45, 2.75) is 6.92 Å². The van der Waals surface area contributed by atoms with E-state index in [-0.39, 0.29) is 17.4 Å². The van der Waals surface area contributed by atoms with Gasteiger partial charge in [0.05, 0.1) is 22.6 Å². The van der Waals surface area contributed by atoms with Crippen molar-refractivity contribution >= 4 is 38.4 Å². The molecule has 0 bridgehead atoms. The Kier molecular flexibility index (Phi) is 3.03. The number of benzene rings is 1. The Labute approximate surface area is 118 Å². The van der Waals surface area contributed by atoms with Crippen LogP contribution in [0.4, 0.5) is 10.9 Å². The standard InChI is InChI=1S/C13H11N5OS/c1-7-2-3-8-10(4-7)20-13(17-8)18-12(19)9-5-16-11(14)6-15-9/h2-6H,1H3,(H2,14,16)(H,17,18,19).